The third-order valence-corrected chi connectivity index (χ3v) is 13.3. The fourth-order valence-corrected chi connectivity index (χ4v) is 10.7. The molecule has 57 heavy (non-hydrogen) atoms. The molecular weight excluding hydrogens is 717 g/mol. The van der Waals surface area contributed by atoms with Crippen molar-refractivity contribution in [2.24, 2.45) is 0 Å². The van der Waals surface area contributed by atoms with E-state index in [1.807, 2.05) is 11.3 Å². The van der Waals surface area contributed by atoms with Crippen LogP contribution in [-0.2, 0) is 0 Å². The predicted molar refractivity (Wildman–Crippen MR) is 236 cm³/mol. The van der Waals surface area contributed by atoms with Crippen molar-refractivity contribution in [2.45, 2.75) is 30.5 Å². The summed E-state index contributed by atoms with van der Waals surface area (Å²) in [6.07, 6.45) is 8.84. The average Bonchev–Trinajstić information content (AvgIpc) is 3.96. The molecule has 4 unspecified atom stereocenters. The minimum atomic E-state index is -0.147. The molecule has 6 heteroatoms. The highest BCUT2D eigenvalue weighted by atomic mass is 32.1. The summed E-state index contributed by atoms with van der Waals surface area (Å²) in [4.78, 5) is 2.57. The molecule has 0 saturated carbocycles. The van der Waals surface area contributed by atoms with Gasteiger partial charge in [0, 0.05) is 48.1 Å². The van der Waals surface area contributed by atoms with Crippen molar-refractivity contribution in [3.05, 3.63) is 204 Å². The first-order valence-corrected chi connectivity index (χ1v) is 20.6. The number of anilines is 2. The standard InChI is InChI=1S/C51H38N4OS/c1-3-14-31(15-4-1)49-52-50(32-16-5-2-6-17-32)54-51(53-49)38-22-12-26-43-46(38)37-21-11-20-34(48(37)56-43)33-28-29-44-39(30-33)47-42(25-13-27-45(47)57-44)55-40-23-9-7-18-35(40)36-19-8-10-24-41(36)55/h1-30,35,40,49-54H. The van der Waals surface area contributed by atoms with Gasteiger partial charge in [0.25, 0.3) is 0 Å². The van der Waals surface area contributed by atoms with Crippen molar-refractivity contribution >= 4 is 64.8 Å². The molecule has 0 bridgehead atoms. The number of fused-ring (bicyclic) bond motifs is 9. The molecule has 1 saturated heterocycles. The van der Waals surface area contributed by atoms with E-state index >= 15 is 0 Å². The molecule has 3 aliphatic rings. The van der Waals surface area contributed by atoms with E-state index in [2.05, 4.69) is 203 Å². The van der Waals surface area contributed by atoms with E-state index in [1.165, 1.54) is 48.2 Å². The highest BCUT2D eigenvalue weighted by Gasteiger charge is 2.38. The van der Waals surface area contributed by atoms with Gasteiger partial charge >= 0.3 is 0 Å². The summed E-state index contributed by atoms with van der Waals surface area (Å²) < 4.78 is 9.47. The Hall–Kier alpha value is -6.28. The number of rotatable bonds is 5. The lowest BCUT2D eigenvalue weighted by Crippen LogP contribution is -2.54. The highest BCUT2D eigenvalue weighted by molar-refractivity contribution is 7.26. The number of allylic oxidation sites excluding steroid dienone is 2. The Bertz CT molecular complexity index is 3010. The minimum Gasteiger partial charge on any atom is -0.455 e. The molecule has 12 rings (SSSR count). The molecule has 0 radical (unpaired) electrons. The van der Waals surface area contributed by atoms with E-state index in [9.17, 15) is 0 Å². The number of benzene rings is 7. The molecule has 2 aliphatic heterocycles. The van der Waals surface area contributed by atoms with Crippen molar-refractivity contribution in [2.75, 3.05) is 4.90 Å². The lowest BCUT2D eigenvalue weighted by molar-refractivity contribution is 0.204. The summed E-state index contributed by atoms with van der Waals surface area (Å²) >= 11 is 1.87. The second-order valence-electron chi connectivity index (χ2n) is 15.3. The quantitative estimate of drug-likeness (QED) is 0.163. The van der Waals surface area contributed by atoms with Crippen LogP contribution in [-0.4, -0.2) is 6.04 Å². The summed E-state index contributed by atoms with van der Waals surface area (Å²) in [6, 6.07) is 57.2. The van der Waals surface area contributed by atoms with Crippen molar-refractivity contribution in [3.63, 3.8) is 0 Å². The number of thiophene rings is 1. The van der Waals surface area contributed by atoms with Gasteiger partial charge in [0.05, 0.1) is 30.2 Å². The van der Waals surface area contributed by atoms with Gasteiger partial charge in [0.15, 0.2) is 0 Å². The number of furan rings is 1. The summed E-state index contributed by atoms with van der Waals surface area (Å²) in [6.45, 7) is 0. The number of para-hydroxylation sites is 2. The maximum absolute atomic E-state index is 6.89. The molecule has 274 valence electrons. The van der Waals surface area contributed by atoms with Crippen LogP contribution < -0.4 is 20.9 Å². The summed E-state index contributed by atoms with van der Waals surface area (Å²) in [5.41, 5.74) is 11.5. The van der Waals surface area contributed by atoms with Crippen LogP contribution in [0.25, 0.3) is 53.2 Å². The molecule has 5 nitrogen and oxygen atoms in total. The normalized spacial score (nSPS) is 21.5. The van der Waals surface area contributed by atoms with E-state index in [4.69, 9.17) is 4.42 Å². The fraction of sp³-hybridized carbons (Fsp3) is 0.0980. The van der Waals surface area contributed by atoms with E-state index < -0.39 is 0 Å². The van der Waals surface area contributed by atoms with E-state index in [0.29, 0.717) is 5.92 Å². The lowest BCUT2D eigenvalue weighted by atomic mass is 9.91. The largest absolute Gasteiger partial charge is 0.455 e. The first kappa shape index (κ1) is 32.9. The Morgan fingerprint density at radius 2 is 1.19 bits per heavy atom. The smallest absolute Gasteiger partial charge is 0.143 e. The second-order valence-corrected chi connectivity index (χ2v) is 16.4. The van der Waals surface area contributed by atoms with Crippen LogP contribution in [0.5, 0.6) is 0 Å². The van der Waals surface area contributed by atoms with Crippen LogP contribution >= 0.6 is 11.3 Å². The molecule has 7 aromatic carbocycles. The molecule has 1 aliphatic carbocycles. The van der Waals surface area contributed by atoms with Crippen LogP contribution in [0.2, 0.25) is 0 Å². The van der Waals surface area contributed by atoms with Gasteiger partial charge in [-0.2, -0.15) is 0 Å². The third kappa shape index (κ3) is 5.26. The number of hydrogen-bond donors (Lipinski definition) is 3. The average molecular weight is 755 g/mol. The molecule has 0 spiro atoms. The lowest BCUT2D eigenvalue weighted by Gasteiger charge is -2.39. The number of hydrogen-bond acceptors (Lipinski definition) is 6. The van der Waals surface area contributed by atoms with Crippen LogP contribution in [0.4, 0.5) is 11.4 Å². The zero-order chi connectivity index (χ0) is 37.5. The van der Waals surface area contributed by atoms with Crippen LogP contribution in [0, 0.1) is 0 Å². The SMILES string of the molecule is C1=CC2c3ccccc3N(c3cccc4sc5ccc(-c6cccc7c6oc6cccc(C8NC(c9ccccc9)NC(c9ccccc9)N8)c67)cc5c34)C2C=C1. The second kappa shape index (κ2) is 13.2. The van der Waals surface area contributed by atoms with Crippen LogP contribution in [0.3, 0.4) is 0 Å². The highest BCUT2D eigenvalue weighted by Crippen LogP contribution is 2.51. The molecule has 4 heterocycles. The van der Waals surface area contributed by atoms with Gasteiger partial charge in [-0.1, -0.05) is 146 Å². The molecule has 0 amide bonds. The van der Waals surface area contributed by atoms with E-state index in [-0.39, 0.29) is 24.5 Å². The van der Waals surface area contributed by atoms with Crippen LogP contribution in [0.15, 0.2) is 186 Å². The Labute approximate surface area is 334 Å². The monoisotopic (exact) mass is 754 g/mol. The molecule has 1 fully saturated rings. The van der Waals surface area contributed by atoms with Crippen molar-refractivity contribution in [1.82, 2.24) is 16.0 Å². The molecule has 4 atom stereocenters. The van der Waals surface area contributed by atoms with Crippen molar-refractivity contribution < 1.29 is 4.42 Å². The Morgan fingerprint density at radius 3 is 2.02 bits per heavy atom. The number of nitrogens with one attached hydrogen (secondary N) is 3. The van der Waals surface area contributed by atoms with Gasteiger partial charge in [-0.3, -0.25) is 16.0 Å². The summed E-state index contributed by atoms with van der Waals surface area (Å²) in [5, 5.41) is 16.4. The Kier molecular flexibility index (Phi) is 7.60. The first-order valence-electron chi connectivity index (χ1n) is 19.8. The van der Waals surface area contributed by atoms with Gasteiger partial charge in [0.2, 0.25) is 0 Å². The van der Waals surface area contributed by atoms with Gasteiger partial charge in [-0.05, 0) is 64.2 Å². The zero-order valence-corrected chi connectivity index (χ0v) is 31.8. The molecule has 9 aromatic rings. The third-order valence-electron chi connectivity index (χ3n) is 12.1. The maximum atomic E-state index is 6.89. The van der Waals surface area contributed by atoms with Gasteiger partial charge in [0.1, 0.15) is 11.2 Å². The topological polar surface area (TPSA) is 52.5 Å². The zero-order valence-electron chi connectivity index (χ0n) is 31.0. The Balaban J connectivity index is 0.986. The molecule has 3 N–H and O–H groups in total. The van der Waals surface area contributed by atoms with E-state index in [1.54, 1.807) is 0 Å². The van der Waals surface area contributed by atoms with Gasteiger partial charge in [-0.15, -0.1) is 11.3 Å². The van der Waals surface area contributed by atoms with Crippen molar-refractivity contribution in [1.29, 1.82) is 0 Å². The first-order chi connectivity index (χ1) is 28.3. The summed E-state index contributed by atoms with van der Waals surface area (Å²) in [7, 11) is 0. The summed E-state index contributed by atoms with van der Waals surface area (Å²) in [5.74, 6) is 0.334. The van der Waals surface area contributed by atoms with Gasteiger partial charge in [-0.25, -0.2) is 0 Å². The van der Waals surface area contributed by atoms with E-state index in [0.717, 1.165) is 38.6 Å². The van der Waals surface area contributed by atoms with Gasteiger partial charge < -0.3 is 9.32 Å². The predicted octanol–water partition coefficient (Wildman–Crippen LogP) is 12.5. The number of nitrogens with zero attached hydrogens (tertiary/aromatic N) is 1. The molecule has 2 aromatic heterocycles. The maximum Gasteiger partial charge on any atom is 0.143 e. The minimum absolute atomic E-state index is 0.0609. The molecular formula is C51H38N4OS. The Morgan fingerprint density at radius 1 is 0.509 bits per heavy atom. The fourth-order valence-electron chi connectivity index (χ4n) is 9.59. The van der Waals surface area contributed by atoms with Crippen LogP contribution in [0.1, 0.15) is 46.7 Å². The van der Waals surface area contributed by atoms with Crippen molar-refractivity contribution in [3.8, 4) is 11.1 Å².